The lowest BCUT2D eigenvalue weighted by Crippen LogP contribution is -2.43. The Bertz CT molecular complexity index is 1290. The molecule has 3 aromatic rings. The fraction of sp³-hybridized carbons (Fsp3) is 0.533. The first-order valence-corrected chi connectivity index (χ1v) is 13.8. The number of aromatic nitrogens is 4. The summed E-state index contributed by atoms with van der Waals surface area (Å²) in [5, 5.41) is 14.8. The highest BCUT2D eigenvalue weighted by Gasteiger charge is 2.20. The van der Waals surface area contributed by atoms with Crippen LogP contribution in [0.15, 0.2) is 36.7 Å². The van der Waals surface area contributed by atoms with E-state index in [0.29, 0.717) is 6.54 Å². The van der Waals surface area contributed by atoms with Crippen molar-refractivity contribution in [2.45, 2.75) is 60.4 Å². The molecule has 1 aliphatic rings. The van der Waals surface area contributed by atoms with Gasteiger partial charge in [-0.2, -0.15) is 0 Å². The van der Waals surface area contributed by atoms with Crippen molar-refractivity contribution in [1.82, 2.24) is 35.1 Å². The first-order valence-electron chi connectivity index (χ1n) is 13.8. The summed E-state index contributed by atoms with van der Waals surface area (Å²) in [5.41, 5.74) is 6.33. The van der Waals surface area contributed by atoms with Crippen LogP contribution in [0, 0.1) is 12.3 Å². The Balaban J connectivity index is 1.55. The van der Waals surface area contributed by atoms with E-state index in [1.807, 2.05) is 19.2 Å². The minimum atomic E-state index is -0.233. The summed E-state index contributed by atoms with van der Waals surface area (Å²) in [6.07, 6.45) is 3.48. The second kappa shape index (κ2) is 11.4. The lowest BCUT2D eigenvalue weighted by atomic mass is 9.85. The van der Waals surface area contributed by atoms with E-state index in [1.165, 1.54) is 11.1 Å². The van der Waals surface area contributed by atoms with E-state index in [1.54, 1.807) is 10.9 Å². The number of nitrogens with zero attached hydrogens (tertiary/aromatic N) is 6. The number of anilines is 2. The molecular formula is C30H44N8O. The fourth-order valence-corrected chi connectivity index (χ4v) is 4.46. The number of piperazine rings is 1. The van der Waals surface area contributed by atoms with Crippen molar-refractivity contribution >= 4 is 17.3 Å². The topological polar surface area (TPSA) is 91.2 Å². The number of carbonyl (C=O) groups is 1. The van der Waals surface area contributed by atoms with Gasteiger partial charge in [0.1, 0.15) is 0 Å². The van der Waals surface area contributed by atoms with E-state index < -0.39 is 0 Å². The second-order valence-electron chi connectivity index (χ2n) is 13.0. The number of likely N-dealkylation sites (N-methyl/N-ethyl adjacent to an activating group) is 1. The lowest BCUT2D eigenvalue weighted by Gasteiger charge is -2.32. The number of hydrogen-bond acceptors (Lipinski definition) is 7. The number of nitrogens with one attached hydrogen (secondary N) is 2. The highest BCUT2D eigenvalue weighted by molar-refractivity contribution is 5.91. The zero-order valence-corrected chi connectivity index (χ0v) is 24.8. The smallest absolute Gasteiger partial charge is 0.273 e. The molecule has 2 aromatic heterocycles. The molecule has 0 bridgehead atoms. The van der Waals surface area contributed by atoms with Gasteiger partial charge in [-0.15, -0.1) is 5.10 Å². The van der Waals surface area contributed by atoms with Gasteiger partial charge >= 0.3 is 0 Å². The van der Waals surface area contributed by atoms with Crippen LogP contribution in [0.3, 0.4) is 0 Å². The number of benzene rings is 1. The Morgan fingerprint density at radius 2 is 1.69 bits per heavy atom. The van der Waals surface area contributed by atoms with E-state index in [2.05, 4.69) is 103 Å². The van der Waals surface area contributed by atoms with Crippen LogP contribution in [0.5, 0.6) is 0 Å². The number of pyridine rings is 1. The zero-order valence-electron chi connectivity index (χ0n) is 24.8. The van der Waals surface area contributed by atoms with Crippen molar-refractivity contribution in [3.05, 3.63) is 59.2 Å². The molecular weight excluding hydrogens is 488 g/mol. The monoisotopic (exact) mass is 532 g/mol. The normalized spacial score (nSPS) is 15.4. The van der Waals surface area contributed by atoms with Crippen LogP contribution in [0.25, 0.3) is 5.69 Å². The number of rotatable bonds is 7. The van der Waals surface area contributed by atoms with Crippen molar-refractivity contribution < 1.29 is 4.79 Å². The van der Waals surface area contributed by atoms with Crippen molar-refractivity contribution in [2.75, 3.05) is 45.1 Å². The van der Waals surface area contributed by atoms with Gasteiger partial charge in [0.2, 0.25) is 0 Å². The van der Waals surface area contributed by atoms with Gasteiger partial charge in [0.05, 0.1) is 29.5 Å². The molecule has 0 spiro atoms. The molecule has 1 saturated heterocycles. The first-order chi connectivity index (χ1) is 18.3. The summed E-state index contributed by atoms with van der Waals surface area (Å²) in [7, 11) is 2.19. The molecule has 9 nitrogen and oxygen atoms in total. The summed E-state index contributed by atoms with van der Waals surface area (Å²) in [6, 6.07) is 8.79. The number of hydrogen-bond donors (Lipinski definition) is 2. The molecule has 1 aliphatic heterocycles. The Hall–Kier alpha value is -3.30. The molecule has 39 heavy (non-hydrogen) atoms. The summed E-state index contributed by atoms with van der Waals surface area (Å²) in [6.45, 7) is 20.7. The summed E-state index contributed by atoms with van der Waals surface area (Å²) < 4.78 is 1.61. The van der Waals surface area contributed by atoms with Gasteiger partial charge in [-0.25, -0.2) is 4.68 Å². The molecule has 210 valence electrons. The Morgan fingerprint density at radius 1 is 0.974 bits per heavy atom. The molecule has 1 amide bonds. The van der Waals surface area contributed by atoms with Crippen LogP contribution >= 0.6 is 0 Å². The average Bonchev–Trinajstić information content (AvgIpc) is 3.34. The van der Waals surface area contributed by atoms with Gasteiger partial charge in [0.25, 0.3) is 5.91 Å². The van der Waals surface area contributed by atoms with Gasteiger partial charge in [-0.3, -0.25) is 14.7 Å². The molecule has 0 saturated carbocycles. The highest BCUT2D eigenvalue weighted by atomic mass is 16.2. The molecule has 2 N–H and O–H groups in total. The van der Waals surface area contributed by atoms with E-state index in [0.717, 1.165) is 55.5 Å². The number of aryl methyl sites for hydroxylation is 1. The van der Waals surface area contributed by atoms with Gasteiger partial charge in [-0.05, 0) is 54.1 Å². The van der Waals surface area contributed by atoms with Gasteiger partial charge in [-0.1, -0.05) is 52.8 Å². The molecule has 0 unspecified atom stereocenters. The van der Waals surface area contributed by atoms with Crippen molar-refractivity contribution in [1.29, 1.82) is 0 Å². The third kappa shape index (κ3) is 7.86. The lowest BCUT2D eigenvalue weighted by molar-refractivity contribution is 0.0934. The molecule has 9 heteroatoms. The summed E-state index contributed by atoms with van der Waals surface area (Å²) in [5.74, 6) is -0.233. The fourth-order valence-electron chi connectivity index (χ4n) is 4.46. The quantitative estimate of drug-likeness (QED) is 0.462. The predicted octanol–water partition coefficient (Wildman–Crippen LogP) is 4.54. The highest BCUT2D eigenvalue weighted by Crippen LogP contribution is 2.29. The zero-order chi connectivity index (χ0) is 28.4. The molecule has 4 rings (SSSR count). The van der Waals surface area contributed by atoms with Crippen LogP contribution in [-0.2, 0) is 12.0 Å². The van der Waals surface area contributed by atoms with E-state index in [-0.39, 0.29) is 22.4 Å². The molecule has 0 aliphatic carbocycles. The van der Waals surface area contributed by atoms with Crippen LogP contribution in [0.1, 0.15) is 68.9 Å². The van der Waals surface area contributed by atoms with E-state index in [9.17, 15) is 4.79 Å². The largest absolute Gasteiger partial charge is 0.354 e. The minimum Gasteiger partial charge on any atom is -0.354 e. The van der Waals surface area contributed by atoms with Crippen LogP contribution in [0.2, 0.25) is 0 Å². The SMILES string of the molecule is Cc1ncc(Nc2cc(CN3CCN(C)CC3)cc(C(C)(C)C)c2)cc1-n1cc(C(=O)NCC(C)(C)C)nn1. The Labute approximate surface area is 233 Å². The molecule has 1 fully saturated rings. The van der Waals surface area contributed by atoms with Gasteiger partial charge in [0.15, 0.2) is 5.69 Å². The first kappa shape index (κ1) is 28.7. The standard InChI is InChI=1S/C30H44N8O/c1-21-27(38-19-26(34-35-38)28(39)32-20-29(2,3)4)16-25(17-31-21)33-24-14-22(13-23(15-24)30(5,6)7)18-37-11-9-36(8)10-12-37/h13-17,19,33H,9-12,18,20H2,1-8H3,(H,32,39). The second-order valence-corrected chi connectivity index (χ2v) is 13.0. The van der Waals surface area contributed by atoms with Crippen LogP contribution < -0.4 is 10.6 Å². The Kier molecular flexibility index (Phi) is 8.42. The third-order valence-electron chi connectivity index (χ3n) is 6.96. The third-order valence-corrected chi connectivity index (χ3v) is 6.96. The maximum atomic E-state index is 12.6. The maximum absolute atomic E-state index is 12.6. The number of amides is 1. The summed E-state index contributed by atoms with van der Waals surface area (Å²) >= 11 is 0. The van der Waals surface area contributed by atoms with Crippen molar-refractivity contribution in [3.63, 3.8) is 0 Å². The van der Waals surface area contributed by atoms with Crippen molar-refractivity contribution in [2.24, 2.45) is 5.41 Å². The van der Waals surface area contributed by atoms with Crippen molar-refractivity contribution in [3.8, 4) is 5.69 Å². The molecule has 0 atom stereocenters. The molecule has 1 aromatic carbocycles. The minimum absolute atomic E-state index is 0.0131. The predicted molar refractivity (Wildman–Crippen MR) is 157 cm³/mol. The Morgan fingerprint density at radius 3 is 2.36 bits per heavy atom. The van der Waals surface area contributed by atoms with Crippen LogP contribution in [0.4, 0.5) is 11.4 Å². The average molecular weight is 533 g/mol. The summed E-state index contributed by atoms with van der Waals surface area (Å²) in [4.78, 5) is 22.1. The van der Waals surface area contributed by atoms with E-state index >= 15 is 0 Å². The molecule has 0 radical (unpaired) electrons. The maximum Gasteiger partial charge on any atom is 0.273 e. The molecule has 3 heterocycles. The van der Waals surface area contributed by atoms with Crippen LogP contribution in [-0.4, -0.2) is 75.5 Å². The number of carbonyl (C=O) groups excluding carboxylic acids is 1. The van der Waals surface area contributed by atoms with Gasteiger partial charge in [0, 0.05) is 45.0 Å². The van der Waals surface area contributed by atoms with E-state index in [4.69, 9.17) is 0 Å². The van der Waals surface area contributed by atoms with Gasteiger partial charge < -0.3 is 15.5 Å².